The molecule has 0 unspecified atom stereocenters. The third kappa shape index (κ3) is 4.21. The number of carbonyl (C=O) groups is 2. The number of hydrogen-bond acceptors (Lipinski definition) is 4. The van der Waals surface area contributed by atoms with Crippen molar-refractivity contribution in [1.82, 2.24) is 20.0 Å². The van der Waals surface area contributed by atoms with Gasteiger partial charge in [-0.3, -0.25) is 14.3 Å². The van der Waals surface area contributed by atoms with Gasteiger partial charge in [-0.05, 0) is 32.3 Å². The van der Waals surface area contributed by atoms with Crippen LogP contribution in [0.15, 0.2) is 12.3 Å². The molecule has 1 aliphatic carbocycles. The number of amides is 2. The number of carbonyl (C=O) groups excluding carboxylic acids is 2. The zero-order chi connectivity index (χ0) is 17.6. The molecule has 138 valence electrons. The van der Waals surface area contributed by atoms with E-state index in [9.17, 15) is 9.59 Å². The monoisotopic (exact) mass is 348 g/mol. The van der Waals surface area contributed by atoms with E-state index >= 15 is 0 Å². The number of hydrogen-bond donors (Lipinski definition) is 1. The topological polar surface area (TPSA) is 76.5 Å². The molecule has 7 nitrogen and oxygen atoms in total. The average Bonchev–Trinajstić information content (AvgIpc) is 3.11. The summed E-state index contributed by atoms with van der Waals surface area (Å²) in [5.74, 6) is -0.160. The van der Waals surface area contributed by atoms with Gasteiger partial charge in [0.05, 0.1) is 12.5 Å². The Kier molecular flexibility index (Phi) is 6.07. The lowest BCUT2D eigenvalue weighted by atomic mass is 9.82. The molecule has 1 aromatic heterocycles. The van der Waals surface area contributed by atoms with Crippen molar-refractivity contribution in [2.75, 3.05) is 26.3 Å². The van der Waals surface area contributed by atoms with Gasteiger partial charge < -0.3 is 15.0 Å². The van der Waals surface area contributed by atoms with Crippen LogP contribution in [-0.4, -0.2) is 58.8 Å². The fourth-order valence-corrected chi connectivity index (χ4v) is 3.82. The molecule has 2 aliphatic rings. The second kappa shape index (κ2) is 8.47. The maximum atomic E-state index is 13.1. The summed E-state index contributed by atoms with van der Waals surface area (Å²) >= 11 is 0. The highest BCUT2D eigenvalue weighted by molar-refractivity contribution is 5.93. The van der Waals surface area contributed by atoms with Gasteiger partial charge in [0.25, 0.3) is 5.91 Å². The Morgan fingerprint density at radius 1 is 1.32 bits per heavy atom. The molecular formula is C18H28N4O3. The summed E-state index contributed by atoms with van der Waals surface area (Å²) in [6.07, 6.45) is 6.41. The van der Waals surface area contributed by atoms with Crippen LogP contribution in [0, 0.1) is 5.92 Å². The summed E-state index contributed by atoms with van der Waals surface area (Å²) in [4.78, 5) is 27.6. The minimum Gasteiger partial charge on any atom is -0.380 e. The van der Waals surface area contributed by atoms with Crippen LogP contribution < -0.4 is 5.32 Å². The standard InChI is InChI=1S/C18H28N4O3/c1-2-21-11-8-15(20-21)18(24)22-10-5-12-25-13-9-19-17(23)14-6-3-4-7-16(14)22/h8,11,14,16H,2-7,9-10,12-13H2,1H3,(H,19,23)/t14-,16+/m1/s1. The smallest absolute Gasteiger partial charge is 0.274 e. The highest BCUT2D eigenvalue weighted by atomic mass is 16.5. The molecule has 25 heavy (non-hydrogen) atoms. The van der Waals surface area contributed by atoms with E-state index in [1.54, 1.807) is 10.7 Å². The Labute approximate surface area is 148 Å². The number of nitrogens with one attached hydrogen (secondary N) is 1. The van der Waals surface area contributed by atoms with E-state index < -0.39 is 0 Å². The molecule has 1 aromatic rings. The second-order valence-electron chi connectivity index (χ2n) is 6.77. The predicted octanol–water partition coefficient (Wildman–Crippen LogP) is 1.44. The molecular weight excluding hydrogens is 320 g/mol. The third-order valence-electron chi connectivity index (χ3n) is 5.14. The Hall–Kier alpha value is -1.89. The fourth-order valence-electron chi connectivity index (χ4n) is 3.82. The summed E-state index contributed by atoms with van der Waals surface area (Å²) in [6.45, 7) is 4.99. The zero-order valence-electron chi connectivity index (χ0n) is 14.9. The number of ether oxygens (including phenoxy) is 1. The normalized spacial score (nSPS) is 25.6. The molecule has 1 saturated heterocycles. The molecule has 0 spiro atoms. The molecule has 0 bridgehead atoms. The summed E-state index contributed by atoms with van der Waals surface area (Å²) in [6, 6.07) is 1.72. The molecule has 2 fully saturated rings. The van der Waals surface area contributed by atoms with Crippen LogP contribution in [0.5, 0.6) is 0 Å². The number of aryl methyl sites for hydroxylation is 1. The first-order chi connectivity index (χ1) is 12.2. The maximum absolute atomic E-state index is 13.1. The van der Waals surface area contributed by atoms with Gasteiger partial charge in [0.1, 0.15) is 5.69 Å². The van der Waals surface area contributed by atoms with Crippen molar-refractivity contribution in [3.05, 3.63) is 18.0 Å². The molecule has 1 saturated carbocycles. The SMILES string of the molecule is CCn1ccc(C(=O)N2CCCOCCNC(=O)[C@@H]3CCCC[C@@H]32)n1. The van der Waals surface area contributed by atoms with E-state index in [-0.39, 0.29) is 23.8 Å². The zero-order valence-corrected chi connectivity index (χ0v) is 14.9. The average molecular weight is 348 g/mol. The number of nitrogens with zero attached hydrogens (tertiary/aromatic N) is 3. The Balaban J connectivity index is 1.85. The van der Waals surface area contributed by atoms with Crippen molar-refractivity contribution >= 4 is 11.8 Å². The minimum absolute atomic E-state index is 0.0482. The molecule has 2 amide bonds. The molecule has 2 heterocycles. The van der Waals surface area contributed by atoms with Gasteiger partial charge in [-0.25, -0.2) is 0 Å². The summed E-state index contributed by atoms with van der Waals surface area (Å²) < 4.78 is 7.31. The van der Waals surface area contributed by atoms with E-state index in [1.807, 2.05) is 18.0 Å². The van der Waals surface area contributed by atoms with Crippen LogP contribution in [-0.2, 0) is 16.1 Å². The van der Waals surface area contributed by atoms with Crippen molar-refractivity contribution in [3.8, 4) is 0 Å². The summed E-state index contributed by atoms with van der Waals surface area (Å²) in [5, 5.41) is 7.34. The highest BCUT2D eigenvalue weighted by Crippen LogP contribution is 2.30. The molecule has 3 rings (SSSR count). The number of rotatable bonds is 2. The minimum atomic E-state index is -0.135. The van der Waals surface area contributed by atoms with Gasteiger partial charge in [-0.1, -0.05) is 12.8 Å². The first-order valence-corrected chi connectivity index (χ1v) is 9.40. The van der Waals surface area contributed by atoms with Crippen LogP contribution in [0.4, 0.5) is 0 Å². The first kappa shape index (κ1) is 17.9. The number of fused-ring (bicyclic) bond motifs is 1. The van der Waals surface area contributed by atoms with E-state index in [1.165, 1.54) is 0 Å². The Bertz CT molecular complexity index is 601. The lowest BCUT2D eigenvalue weighted by Crippen LogP contribution is -2.51. The van der Waals surface area contributed by atoms with Gasteiger partial charge in [0.15, 0.2) is 0 Å². The maximum Gasteiger partial charge on any atom is 0.274 e. The van der Waals surface area contributed by atoms with Crippen molar-refractivity contribution < 1.29 is 14.3 Å². The van der Waals surface area contributed by atoms with Gasteiger partial charge in [-0.2, -0.15) is 5.10 Å². The van der Waals surface area contributed by atoms with Crippen molar-refractivity contribution in [2.24, 2.45) is 5.92 Å². The van der Waals surface area contributed by atoms with Crippen LogP contribution in [0.2, 0.25) is 0 Å². The van der Waals surface area contributed by atoms with Gasteiger partial charge in [-0.15, -0.1) is 0 Å². The third-order valence-corrected chi connectivity index (χ3v) is 5.14. The molecule has 2 atom stereocenters. The van der Waals surface area contributed by atoms with E-state index in [2.05, 4.69) is 10.4 Å². The van der Waals surface area contributed by atoms with Crippen LogP contribution in [0.25, 0.3) is 0 Å². The van der Waals surface area contributed by atoms with Crippen LogP contribution in [0.3, 0.4) is 0 Å². The quantitative estimate of drug-likeness (QED) is 0.877. The second-order valence-corrected chi connectivity index (χ2v) is 6.77. The molecule has 1 N–H and O–H groups in total. The lowest BCUT2D eigenvalue weighted by molar-refractivity contribution is -0.128. The van der Waals surface area contributed by atoms with Gasteiger partial charge in [0, 0.05) is 38.5 Å². The largest absolute Gasteiger partial charge is 0.380 e. The lowest BCUT2D eigenvalue weighted by Gasteiger charge is -2.39. The number of aromatic nitrogens is 2. The predicted molar refractivity (Wildman–Crippen MR) is 93.1 cm³/mol. The van der Waals surface area contributed by atoms with Gasteiger partial charge in [0.2, 0.25) is 5.91 Å². The van der Waals surface area contributed by atoms with Crippen LogP contribution in [0.1, 0.15) is 49.5 Å². The molecule has 0 aromatic carbocycles. The molecule has 1 aliphatic heterocycles. The van der Waals surface area contributed by atoms with Crippen molar-refractivity contribution in [2.45, 2.75) is 51.6 Å². The molecule has 7 heteroatoms. The fraction of sp³-hybridized carbons (Fsp3) is 0.722. The summed E-state index contributed by atoms with van der Waals surface area (Å²) in [7, 11) is 0. The van der Waals surface area contributed by atoms with Crippen LogP contribution >= 0.6 is 0 Å². The van der Waals surface area contributed by atoms with Crippen molar-refractivity contribution in [1.29, 1.82) is 0 Å². The van der Waals surface area contributed by atoms with E-state index in [0.717, 1.165) is 38.6 Å². The summed E-state index contributed by atoms with van der Waals surface area (Å²) in [5.41, 5.74) is 0.461. The van der Waals surface area contributed by atoms with Crippen molar-refractivity contribution in [3.63, 3.8) is 0 Å². The van der Waals surface area contributed by atoms with E-state index in [4.69, 9.17) is 4.74 Å². The first-order valence-electron chi connectivity index (χ1n) is 9.40. The Morgan fingerprint density at radius 3 is 2.96 bits per heavy atom. The van der Waals surface area contributed by atoms with Gasteiger partial charge >= 0.3 is 0 Å². The Morgan fingerprint density at radius 2 is 2.16 bits per heavy atom. The molecule has 0 radical (unpaired) electrons. The highest BCUT2D eigenvalue weighted by Gasteiger charge is 2.37. The van der Waals surface area contributed by atoms with E-state index in [0.29, 0.717) is 32.0 Å².